The molecule has 0 saturated heterocycles. The van der Waals surface area contributed by atoms with Gasteiger partial charge in [-0.2, -0.15) is 0 Å². The summed E-state index contributed by atoms with van der Waals surface area (Å²) in [5.74, 6) is -1.26. The summed E-state index contributed by atoms with van der Waals surface area (Å²) in [6.45, 7) is -2.58. The molecule has 0 amide bonds. The Bertz CT molecular complexity index is 421. The number of hydrogen-bond donors (Lipinski definition) is 1. The second-order valence-electron chi connectivity index (χ2n) is 1.93. The quantitative estimate of drug-likeness (QED) is 0.626. The number of aromatic carboxylic acids is 1. The van der Waals surface area contributed by atoms with Crippen molar-refractivity contribution in [3.63, 3.8) is 0 Å². The van der Waals surface area contributed by atoms with E-state index in [0.29, 0.717) is 4.57 Å². The first-order valence-corrected chi connectivity index (χ1v) is 2.79. The van der Waals surface area contributed by atoms with E-state index in [0.717, 1.165) is 18.3 Å². The average Bonchev–Trinajstić information content (AvgIpc) is 2.01. The van der Waals surface area contributed by atoms with E-state index in [1.807, 2.05) is 0 Å². The molecular formula is C7H7NO3. The molecule has 0 aromatic carbocycles. The van der Waals surface area contributed by atoms with E-state index in [9.17, 15) is 9.59 Å². The highest BCUT2D eigenvalue weighted by atomic mass is 16.4. The van der Waals surface area contributed by atoms with Gasteiger partial charge in [-0.15, -0.1) is 0 Å². The largest absolute Gasteiger partial charge is 0.478 e. The molecule has 58 valence electrons. The number of carbonyl (C=O) groups is 1. The third-order valence-corrected chi connectivity index (χ3v) is 1.17. The highest BCUT2D eigenvalue weighted by Crippen LogP contribution is 1.92. The summed E-state index contributed by atoms with van der Waals surface area (Å²) >= 11 is 0. The third kappa shape index (κ3) is 1.46. The van der Waals surface area contributed by atoms with Gasteiger partial charge in [-0.1, -0.05) is 0 Å². The molecule has 0 saturated carbocycles. The molecule has 0 aliphatic heterocycles. The average molecular weight is 156 g/mol. The van der Waals surface area contributed by atoms with Gasteiger partial charge in [-0.25, -0.2) is 4.79 Å². The molecule has 4 heteroatoms. The van der Waals surface area contributed by atoms with E-state index in [-0.39, 0.29) is 5.56 Å². The first-order valence-electron chi connectivity index (χ1n) is 4.29. The van der Waals surface area contributed by atoms with Crippen LogP contribution in [0.5, 0.6) is 0 Å². The second-order valence-corrected chi connectivity index (χ2v) is 1.93. The Hall–Kier alpha value is -1.58. The van der Waals surface area contributed by atoms with Gasteiger partial charge in [0.25, 0.3) is 5.56 Å². The lowest BCUT2D eigenvalue weighted by Crippen LogP contribution is -2.16. The standard InChI is InChI=1S/C7H7NO3/c1-8-3-2-5(7(10)11)4-6(8)9/h2-4H,1H3,(H,10,11)/i1D3. The highest BCUT2D eigenvalue weighted by Gasteiger charge is 2.01. The molecule has 11 heavy (non-hydrogen) atoms. The number of aryl methyl sites for hydroxylation is 1. The number of hydrogen-bond acceptors (Lipinski definition) is 2. The fourth-order valence-corrected chi connectivity index (χ4v) is 0.612. The Labute approximate surface area is 66.9 Å². The summed E-state index contributed by atoms with van der Waals surface area (Å²) < 4.78 is 21.3. The zero-order valence-corrected chi connectivity index (χ0v) is 5.44. The summed E-state index contributed by atoms with van der Waals surface area (Å²) in [5.41, 5.74) is -1.08. The van der Waals surface area contributed by atoms with Crippen molar-refractivity contribution in [2.24, 2.45) is 6.98 Å². The predicted molar refractivity (Wildman–Crippen MR) is 38.6 cm³/mol. The lowest BCUT2D eigenvalue weighted by Gasteiger charge is -1.95. The Kier molecular flexibility index (Phi) is 1.01. The summed E-state index contributed by atoms with van der Waals surface area (Å²) in [6, 6.07) is 1.84. The van der Waals surface area contributed by atoms with E-state index in [2.05, 4.69) is 0 Å². The molecule has 0 aliphatic carbocycles. The summed E-state index contributed by atoms with van der Waals surface area (Å²) in [6.07, 6.45) is 0.943. The lowest BCUT2D eigenvalue weighted by molar-refractivity contribution is 0.0696. The van der Waals surface area contributed by atoms with Gasteiger partial charge in [-0.05, 0) is 6.07 Å². The van der Waals surface area contributed by atoms with Gasteiger partial charge in [-0.3, -0.25) is 4.79 Å². The van der Waals surface area contributed by atoms with Crippen LogP contribution in [-0.2, 0) is 6.98 Å². The van der Waals surface area contributed by atoms with Crippen molar-refractivity contribution in [3.05, 3.63) is 34.2 Å². The zero-order valence-electron chi connectivity index (χ0n) is 8.44. The number of carboxylic acids is 1. The second kappa shape index (κ2) is 2.57. The maximum atomic E-state index is 11.1. The molecule has 1 aromatic rings. The van der Waals surface area contributed by atoms with Crippen LogP contribution < -0.4 is 5.56 Å². The van der Waals surface area contributed by atoms with Crippen LogP contribution in [0.15, 0.2) is 23.1 Å². The van der Waals surface area contributed by atoms with Crippen LogP contribution in [-0.4, -0.2) is 15.6 Å². The molecule has 1 rings (SSSR count). The summed E-state index contributed by atoms with van der Waals surface area (Å²) in [4.78, 5) is 21.6. The Morgan fingerprint density at radius 2 is 2.55 bits per heavy atom. The first-order chi connectivity index (χ1) is 6.32. The van der Waals surface area contributed by atoms with Crippen molar-refractivity contribution < 1.29 is 14.0 Å². The molecule has 0 aliphatic rings. The molecule has 1 heterocycles. The number of nitrogens with zero attached hydrogens (tertiary/aromatic N) is 1. The fourth-order valence-electron chi connectivity index (χ4n) is 0.612. The van der Waals surface area contributed by atoms with E-state index in [4.69, 9.17) is 9.22 Å². The van der Waals surface area contributed by atoms with E-state index < -0.39 is 18.5 Å². The van der Waals surface area contributed by atoms with Gasteiger partial charge in [0.2, 0.25) is 0 Å². The van der Waals surface area contributed by atoms with Crippen molar-refractivity contribution in [2.75, 3.05) is 0 Å². The molecule has 0 radical (unpaired) electrons. The zero-order chi connectivity index (χ0) is 10.9. The minimum atomic E-state index is -2.58. The minimum Gasteiger partial charge on any atom is -0.478 e. The monoisotopic (exact) mass is 156 g/mol. The maximum absolute atomic E-state index is 11.1. The number of rotatable bonds is 1. The van der Waals surface area contributed by atoms with Crippen molar-refractivity contribution in [1.29, 1.82) is 0 Å². The van der Waals surface area contributed by atoms with Gasteiger partial charge < -0.3 is 9.67 Å². The molecule has 1 N–H and O–H groups in total. The van der Waals surface area contributed by atoms with E-state index >= 15 is 0 Å². The van der Waals surface area contributed by atoms with E-state index in [1.165, 1.54) is 0 Å². The van der Waals surface area contributed by atoms with Crippen LogP contribution in [0, 0.1) is 0 Å². The Balaban J connectivity index is 3.29. The fraction of sp³-hybridized carbons (Fsp3) is 0.143. The Morgan fingerprint density at radius 3 is 3.00 bits per heavy atom. The molecular weight excluding hydrogens is 146 g/mol. The smallest absolute Gasteiger partial charge is 0.335 e. The van der Waals surface area contributed by atoms with Gasteiger partial charge in [0.1, 0.15) is 0 Å². The van der Waals surface area contributed by atoms with Gasteiger partial charge in [0.05, 0.1) is 5.56 Å². The van der Waals surface area contributed by atoms with Gasteiger partial charge in [0.15, 0.2) is 0 Å². The molecule has 4 nitrogen and oxygen atoms in total. The van der Waals surface area contributed by atoms with Crippen LogP contribution in [0.1, 0.15) is 14.5 Å². The molecule has 1 aromatic heterocycles. The van der Waals surface area contributed by atoms with Crippen LogP contribution in [0.4, 0.5) is 0 Å². The van der Waals surface area contributed by atoms with Crippen molar-refractivity contribution in [3.8, 4) is 0 Å². The predicted octanol–water partition coefficient (Wildman–Crippen LogP) is 0.0835. The topological polar surface area (TPSA) is 59.3 Å². The SMILES string of the molecule is [2H]C([2H])([2H])n1ccc(C(=O)O)cc1=O. The molecule has 0 bridgehead atoms. The van der Waals surface area contributed by atoms with Crippen LogP contribution in [0.25, 0.3) is 0 Å². The molecule has 0 spiro atoms. The van der Waals surface area contributed by atoms with Crippen molar-refractivity contribution in [1.82, 2.24) is 4.57 Å². The molecule has 0 fully saturated rings. The van der Waals surface area contributed by atoms with Gasteiger partial charge in [0, 0.05) is 23.4 Å². The lowest BCUT2D eigenvalue weighted by atomic mass is 10.3. The third-order valence-electron chi connectivity index (χ3n) is 1.17. The minimum absolute atomic E-state index is 0.226. The summed E-state index contributed by atoms with van der Waals surface area (Å²) in [5, 5.41) is 8.51. The first kappa shape index (κ1) is 4.33. The molecule has 0 atom stereocenters. The normalized spacial score (nSPS) is 14.7. The summed E-state index contributed by atoms with van der Waals surface area (Å²) in [7, 11) is 0. The van der Waals surface area contributed by atoms with Crippen LogP contribution >= 0.6 is 0 Å². The van der Waals surface area contributed by atoms with Gasteiger partial charge >= 0.3 is 5.97 Å². The van der Waals surface area contributed by atoms with Crippen molar-refractivity contribution in [2.45, 2.75) is 0 Å². The Morgan fingerprint density at radius 1 is 1.82 bits per heavy atom. The van der Waals surface area contributed by atoms with E-state index in [1.54, 1.807) is 0 Å². The number of aromatic nitrogens is 1. The number of carboxylic acid groups (broad SMARTS) is 1. The van der Waals surface area contributed by atoms with Crippen LogP contribution in [0.2, 0.25) is 0 Å². The van der Waals surface area contributed by atoms with Crippen molar-refractivity contribution >= 4 is 5.97 Å². The number of pyridine rings is 1. The maximum Gasteiger partial charge on any atom is 0.335 e. The molecule has 0 unspecified atom stereocenters. The van der Waals surface area contributed by atoms with Crippen LogP contribution in [0.3, 0.4) is 0 Å². The highest BCUT2D eigenvalue weighted by molar-refractivity contribution is 5.87.